The average Bonchev–Trinajstić information content (AvgIpc) is 2.96. The normalized spacial score (nSPS) is 15.5. The first-order valence-electron chi connectivity index (χ1n) is 10.9. The molecule has 0 spiro atoms. The van der Waals surface area contributed by atoms with Gasteiger partial charge in [-0.25, -0.2) is 0 Å². The van der Waals surface area contributed by atoms with Gasteiger partial charge >= 0.3 is 0 Å². The van der Waals surface area contributed by atoms with E-state index in [1.54, 1.807) is 30.0 Å². The van der Waals surface area contributed by atoms with Crippen LogP contribution in [0.4, 0.5) is 5.69 Å². The number of fused-ring (bicyclic) bond motifs is 1. The maximum Gasteiger partial charge on any atom is 0.270 e. The highest BCUT2D eigenvalue weighted by molar-refractivity contribution is 7.98. The molecule has 10 heteroatoms. The summed E-state index contributed by atoms with van der Waals surface area (Å²) in [6.45, 7) is 0.381. The molecule has 3 amide bonds. The third-order valence-electron chi connectivity index (χ3n) is 5.30. The first-order chi connectivity index (χ1) is 16.8. The molecule has 2 aromatic carbocycles. The van der Waals surface area contributed by atoms with Crippen molar-refractivity contribution in [3.8, 4) is 5.75 Å². The largest absolute Gasteiger partial charge is 0.512 e. The highest BCUT2D eigenvalue weighted by Gasteiger charge is 2.31. The van der Waals surface area contributed by atoms with E-state index in [0.717, 1.165) is 17.4 Å². The molecule has 1 atom stereocenters. The Morgan fingerprint density at radius 3 is 2.71 bits per heavy atom. The van der Waals surface area contributed by atoms with Crippen LogP contribution in [0.25, 0.3) is 0 Å². The fraction of sp³-hybridized carbons (Fsp3) is 0.280. The minimum Gasteiger partial charge on any atom is -0.512 e. The standard InChI is InChI=1S/C25H28N4O5S/c1-29-21-13-17(23(31)27-10-11-35-2)8-9-22(21)34-15-20(25(29)33)28-24(32)19(26)14-18(30)12-16-6-4-3-5-7-16/h3-9,13-14,20,26,30H,10-12,15H2,1-2H3,(H,27,31)(H,28,32)/b18-14-,26-19?/t20-/m0/s1. The lowest BCUT2D eigenvalue weighted by atomic mass is 10.1. The van der Waals surface area contributed by atoms with Crippen LogP contribution in [0.1, 0.15) is 15.9 Å². The van der Waals surface area contributed by atoms with Crippen molar-refractivity contribution in [1.29, 1.82) is 5.41 Å². The number of anilines is 1. The van der Waals surface area contributed by atoms with Crippen molar-refractivity contribution in [2.24, 2.45) is 0 Å². The van der Waals surface area contributed by atoms with E-state index < -0.39 is 23.6 Å². The van der Waals surface area contributed by atoms with Gasteiger partial charge in [0.15, 0.2) is 0 Å². The maximum atomic E-state index is 13.0. The van der Waals surface area contributed by atoms with E-state index in [2.05, 4.69) is 10.6 Å². The predicted molar refractivity (Wildman–Crippen MR) is 137 cm³/mol. The van der Waals surface area contributed by atoms with E-state index in [1.165, 1.54) is 11.9 Å². The average molecular weight is 497 g/mol. The van der Waals surface area contributed by atoms with Gasteiger partial charge < -0.3 is 25.4 Å². The van der Waals surface area contributed by atoms with Crippen molar-refractivity contribution in [3.63, 3.8) is 0 Å². The maximum absolute atomic E-state index is 13.0. The summed E-state index contributed by atoms with van der Waals surface area (Å²) in [6.07, 6.45) is 3.19. The Bertz CT molecular complexity index is 1140. The molecule has 4 N–H and O–H groups in total. The summed E-state index contributed by atoms with van der Waals surface area (Å²) in [5, 5.41) is 23.4. The number of carbonyl (C=O) groups excluding carboxylic acids is 3. The lowest BCUT2D eigenvalue weighted by Gasteiger charge is -2.20. The molecule has 0 aromatic heterocycles. The Kier molecular flexibility index (Phi) is 8.91. The SMILES string of the molecule is CSCCNC(=O)c1ccc2c(c1)N(C)C(=O)[C@@H](NC(=O)C(=N)/C=C(\O)Cc1ccccc1)CO2. The van der Waals surface area contributed by atoms with Gasteiger partial charge in [-0.05, 0) is 30.0 Å². The third-order valence-corrected chi connectivity index (χ3v) is 5.91. The molecule has 1 aliphatic heterocycles. The minimum absolute atomic E-state index is 0.145. The minimum atomic E-state index is -1.05. The second kappa shape index (κ2) is 12.1. The van der Waals surface area contributed by atoms with Crippen LogP contribution >= 0.6 is 11.8 Å². The van der Waals surface area contributed by atoms with Crippen LogP contribution in [0.15, 0.2) is 60.4 Å². The summed E-state index contributed by atoms with van der Waals surface area (Å²) < 4.78 is 5.73. The summed E-state index contributed by atoms with van der Waals surface area (Å²) in [4.78, 5) is 39.3. The summed E-state index contributed by atoms with van der Waals surface area (Å²) in [7, 11) is 1.53. The van der Waals surface area contributed by atoms with Crippen LogP contribution in [0.2, 0.25) is 0 Å². The van der Waals surface area contributed by atoms with Crippen LogP contribution < -0.4 is 20.3 Å². The molecule has 0 fully saturated rings. The number of carbonyl (C=O) groups is 3. The van der Waals surface area contributed by atoms with E-state index in [1.807, 2.05) is 36.6 Å². The molecule has 9 nitrogen and oxygen atoms in total. The highest BCUT2D eigenvalue weighted by Crippen LogP contribution is 2.31. The second-order valence-corrected chi connectivity index (χ2v) is 8.86. The fourth-order valence-electron chi connectivity index (χ4n) is 3.44. The molecular formula is C25H28N4O5S. The number of allylic oxidation sites excluding steroid dienone is 1. The van der Waals surface area contributed by atoms with Crippen LogP contribution in [0, 0.1) is 5.41 Å². The molecule has 184 valence electrons. The van der Waals surface area contributed by atoms with E-state index in [4.69, 9.17) is 10.1 Å². The number of hydrogen-bond donors (Lipinski definition) is 4. The number of likely N-dealkylation sites (N-methyl/N-ethyl adjacent to an activating group) is 1. The summed E-state index contributed by atoms with van der Waals surface area (Å²) >= 11 is 1.62. The number of aliphatic hydroxyl groups is 1. The number of ether oxygens (including phenoxy) is 1. The molecule has 0 bridgehead atoms. The van der Waals surface area contributed by atoms with Crippen LogP contribution in [-0.2, 0) is 16.0 Å². The third kappa shape index (κ3) is 6.86. The molecule has 0 unspecified atom stereocenters. The molecule has 3 rings (SSSR count). The summed E-state index contributed by atoms with van der Waals surface area (Å²) in [5.74, 6) is -0.496. The topological polar surface area (TPSA) is 132 Å². The molecular weight excluding hydrogens is 468 g/mol. The van der Waals surface area contributed by atoms with Crippen LogP contribution in [0.5, 0.6) is 5.75 Å². The molecule has 35 heavy (non-hydrogen) atoms. The number of nitrogens with one attached hydrogen (secondary N) is 3. The van der Waals surface area contributed by atoms with E-state index in [9.17, 15) is 19.5 Å². The van der Waals surface area contributed by atoms with E-state index >= 15 is 0 Å². The lowest BCUT2D eigenvalue weighted by molar-refractivity contribution is -0.124. The van der Waals surface area contributed by atoms with E-state index in [0.29, 0.717) is 23.5 Å². The number of rotatable bonds is 9. The Balaban J connectivity index is 1.65. The van der Waals surface area contributed by atoms with Gasteiger partial charge in [-0.2, -0.15) is 11.8 Å². The molecule has 1 heterocycles. The van der Waals surface area contributed by atoms with Gasteiger partial charge in [-0.15, -0.1) is 0 Å². The quantitative estimate of drug-likeness (QED) is 0.239. The number of thioether (sulfide) groups is 1. The number of nitrogens with zero attached hydrogens (tertiary/aromatic N) is 1. The fourth-order valence-corrected chi connectivity index (χ4v) is 3.74. The Hall–Kier alpha value is -3.79. The summed E-state index contributed by atoms with van der Waals surface area (Å²) in [6, 6.07) is 12.9. The Morgan fingerprint density at radius 2 is 2.00 bits per heavy atom. The molecule has 0 saturated carbocycles. The van der Waals surface area contributed by atoms with E-state index in [-0.39, 0.29) is 24.7 Å². The Labute approximate surface area is 208 Å². The monoisotopic (exact) mass is 496 g/mol. The van der Waals surface area contributed by atoms with Crippen molar-refractivity contribution in [3.05, 3.63) is 71.5 Å². The zero-order chi connectivity index (χ0) is 25.4. The van der Waals surface area contributed by atoms with Gasteiger partial charge in [0.1, 0.15) is 24.1 Å². The van der Waals surface area contributed by atoms with Crippen LogP contribution in [-0.4, -0.2) is 66.8 Å². The van der Waals surface area contributed by atoms with Gasteiger partial charge in [0.25, 0.3) is 17.7 Å². The van der Waals surface area contributed by atoms with Gasteiger partial charge in [0.05, 0.1) is 11.4 Å². The lowest BCUT2D eigenvalue weighted by Crippen LogP contribution is -2.50. The number of hydrogen-bond acceptors (Lipinski definition) is 7. The molecule has 1 aliphatic rings. The molecule has 2 aromatic rings. The van der Waals surface area contributed by atoms with Gasteiger partial charge in [-0.3, -0.25) is 19.8 Å². The first-order valence-corrected chi connectivity index (χ1v) is 12.3. The van der Waals surface area contributed by atoms with Crippen molar-refractivity contribution in [1.82, 2.24) is 10.6 Å². The van der Waals surface area contributed by atoms with Gasteiger partial charge in [0.2, 0.25) is 0 Å². The van der Waals surface area contributed by atoms with Crippen molar-refractivity contribution >= 4 is 40.9 Å². The zero-order valence-electron chi connectivity index (χ0n) is 19.5. The van der Waals surface area contributed by atoms with Gasteiger partial charge in [0, 0.05) is 37.4 Å². The number of benzene rings is 2. The molecule has 0 aliphatic carbocycles. The van der Waals surface area contributed by atoms with Gasteiger partial charge in [-0.1, -0.05) is 30.3 Å². The molecule has 0 saturated heterocycles. The Morgan fingerprint density at radius 1 is 1.26 bits per heavy atom. The highest BCUT2D eigenvalue weighted by atomic mass is 32.2. The zero-order valence-corrected chi connectivity index (χ0v) is 20.4. The molecule has 0 radical (unpaired) electrons. The summed E-state index contributed by atoms with van der Waals surface area (Å²) in [5.41, 5.74) is 1.13. The van der Waals surface area contributed by atoms with Crippen LogP contribution in [0.3, 0.4) is 0 Å². The second-order valence-electron chi connectivity index (χ2n) is 7.88. The number of aliphatic hydroxyl groups excluding tert-OH is 1. The smallest absolute Gasteiger partial charge is 0.270 e. The number of amides is 3. The predicted octanol–water partition coefficient (Wildman–Crippen LogP) is 2.32. The first kappa shape index (κ1) is 25.8. The van der Waals surface area contributed by atoms with Crippen molar-refractivity contribution < 1.29 is 24.2 Å². The van der Waals surface area contributed by atoms with Crippen molar-refractivity contribution in [2.75, 3.05) is 37.1 Å². The van der Waals surface area contributed by atoms with Crippen molar-refractivity contribution in [2.45, 2.75) is 12.5 Å².